The zero-order valence-electron chi connectivity index (χ0n) is 24.2. The average molecular weight is 587 g/mol. The second kappa shape index (κ2) is 13.0. The first-order valence-corrected chi connectivity index (χ1v) is 14.8. The van der Waals surface area contributed by atoms with E-state index in [2.05, 4.69) is 54.9 Å². The Labute approximate surface area is 245 Å². The Morgan fingerprint density at radius 1 is 1.05 bits per heavy atom. The number of halogens is 3. The van der Waals surface area contributed by atoms with Crippen molar-refractivity contribution in [2.75, 3.05) is 52.4 Å². The Hall–Kier alpha value is -3.12. The highest BCUT2D eigenvalue weighted by Crippen LogP contribution is 2.34. The van der Waals surface area contributed by atoms with E-state index < -0.39 is 11.9 Å². The van der Waals surface area contributed by atoms with E-state index in [1.165, 1.54) is 17.7 Å². The smallest absolute Gasteiger partial charge is 0.406 e. The zero-order valence-corrected chi connectivity index (χ0v) is 24.2. The minimum Gasteiger partial charge on any atom is -0.406 e. The van der Waals surface area contributed by atoms with Crippen molar-refractivity contribution in [3.63, 3.8) is 0 Å². The summed E-state index contributed by atoms with van der Waals surface area (Å²) in [6.45, 7) is 10.9. The molecule has 1 aromatic heterocycles. The molecule has 5 rings (SSSR count). The summed E-state index contributed by atoms with van der Waals surface area (Å²) in [7, 11) is 0. The first-order chi connectivity index (χ1) is 20.1. The molecule has 2 aliphatic heterocycles. The summed E-state index contributed by atoms with van der Waals surface area (Å²) in [4.78, 5) is 17.6. The quantitative estimate of drug-likeness (QED) is 0.312. The van der Waals surface area contributed by atoms with Crippen LogP contribution in [0, 0.1) is 0 Å². The van der Waals surface area contributed by atoms with Gasteiger partial charge in [0.15, 0.2) is 0 Å². The number of amides is 1. The molecule has 228 valence electrons. The number of benzene rings is 2. The largest absolute Gasteiger partial charge is 0.573 e. The maximum atomic E-state index is 12.7. The molecule has 42 heavy (non-hydrogen) atoms. The number of hydrogen-bond acceptors (Lipinski definition) is 6. The Morgan fingerprint density at radius 2 is 1.74 bits per heavy atom. The number of aromatic nitrogens is 1. The zero-order chi connectivity index (χ0) is 29.7. The number of nitrogens with two attached hydrogens (primary N) is 1. The van der Waals surface area contributed by atoms with E-state index in [4.69, 9.17) is 5.73 Å². The standard InChI is InChI=1S/C31H41F3N6O2/c1-2-38-16-18-39(19-17-38)21-23-4-9-28-26(20-23)27(24-5-7-25(8-6-24)42-31(32,33)34)22-40(28)15-3-12-37-29(41)30(35)10-13-36-14-11-30/h4-9,20,22,36H,2-3,10-19,21,35H2,1H3,(H,37,41). The predicted octanol–water partition coefficient (Wildman–Crippen LogP) is 3.93. The molecule has 0 radical (unpaired) electrons. The van der Waals surface area contributed by atoms with Crippen LogP contribution in [-0.2, 0) is 17.9 Å². The summed E-state index contributed by atoms with van der Waals surface area (Å²) in [6, 6.07) is 12.5. The molecule has 1 amide bonds. The Balaban J connectivity index is 1.33. The molecule has 3 heterocycles. The fourth-order valence-electron chi connectivity index (χ4n) is 5.94. The molecule has 0 spiro atoms. The lowest BCUT2D eigenvalue weighted by Gasteiger charge is -2.34. The number of rotatable bonds is 10. The summed E-state index contributed by atoms with van der Waals surface area (Å²) < 4.78 is 44.4. The third-order valence-electron chi connectivity index (χ3n) is 8.47. The summed E-state index contributed by atoms with van der Waals surface area (Å²) in [5.74, 6) is -0.350. The normalized spacial score (nSPS) is 18.3. The molecule has 2 fully saturated rings. The number of fused-ring (bicyclic) bond motifs is 1. The highest BCUT2D eigenvalue weighted by Gasteiger charge is 2.35. The third-order valence-corrected chi connectivity index (χ3v) is 8.47. The van der Waals surface area contributed by atoms with Crippen molar-refractivity contribution < 1.29 is 22.7 Å². The van der Waals surface area contributed by atoms with Crippen LogP contribution < -0.4 is 21.1 Å². The monoisotopic (exact) mass is 586 g/mol. The first kappa shape index (κ1) is 30.3. The number of nitrogens with zero attached hydrogens (tertiary/aromatic N) is 3. The second-order valence-corrected chi connectivity index (χ2v) is 11.4. The number of carbonyl (C=O) groups is 1. The van der Waals surface area contributed by atoms with Crippen LogP contribution in [0.15, 0.2) is 48.7 Å². The Morgan fingerprint density at radius 3 is 2.40 bits per heavy atom. The van der Waals surface area contributed by atoms with Gasteiger partial charge in [0, 0.05) is 68.5 Å². The summed E-state index contributed by atoms with van der Waals surface area (Å²) in [5.41, 5.74) is 9.52. The van der Waals surface area contributed by atoms with Gasteiger partial charge in [-0.3, -0.25) is 9.69 Å². The van der Waals surface area contributed by atoms with Gasteiger partial charge in [-0.25, -0.2) is 0 Å². The van der Waals surface area contributed by atoms with Crippen LogP contribution in [0.2, 0.25) is 0 Å². The Bertz CT molecular complexity index is 1340. The number of carbonyl (C=O) groups excluding carboxylic acids is 1. The molecule has 0 atom stereocenters. The van der Waals surface area contributed by atoms with E-state index in [1.807, 2.05) is 6.20 Å². The van der Waals surface area contributed by atoms with Gasteiger partial charge in [0.05, 0.1) is 5.54 Å². The summed E-state index contributed by atoms with van der Waals surface area (Å²) >= 11 is 0. The van der Waals surface area contributed by atoms with Crippen molar-refractivity contribution in [3.05, 3.63) is 54.2 Å². The number of piperidine rings is 1. The number of piperazine rings is 1. The molecule has 11 heteroatoms. The van der Waals surface area contributed by atoms with Gasteiger partial charge in [-0.15, -0.1) is 13.2 Å². The first-order valence-electron chi connectivity index (χ1n) is 14.8. The number of hydrogen-bond donors (Lipinski definition) is 3. The van der Waals surface area contributed by atoms with E-state index in [0.717, 1.165) is 74.4 Å². The van der Waals surface area contributed by atoms with Crippen LogP contribution in [0.1, 0.15) is 31.7 Å². The number of likely N-dealkylation sites (N-methyl/N-ethyl adjacent to an activating group) is 1. The van der Waals surface area contributed by atoms with Crippen LogP contribution in [0.4, 0.5) is 13.2 Å². The van der Waals surface area contributed by atoms with E-state index in [0.29, 0.717) is 32.4 Å². The molecule has 0 aliphatic carbocycles. The van der Waals surface area contributed by atoms with Crippen molar-refractivity contribution in [1.82, 2.24) is 25.0 Å². The summed E-state index contributed by atoms with van der Waals surface area (Å²) in [6.07, 6.45) is -0.734. The lowest BCUT2D eigenvalue weighted by molar-refractivity contribution is -0.274. The van der Waals surface area contributed by atoms with Crippen molar-refractivity contribution in [2.45, 2.75) is 51.2 Å². The molecule has 0 bridgehead atoms. The fraction of sp³-hybridized carbons (Fsp3) is 0.516. The van der Waals surface area contributed by atoms with E-state index in [1.54, 1.807) is 12.1 Å². The Kier molecular flexibility index (Phi) is 9.41. The van der Waals surface area contributed by atoms with Crippen molar-refractivity contribution in [2.24, 2.45) is 5.73 Å². The van der Waals surface area contributed by atoms with Gasteiger partial charge in [0.25, 0.3) is 0 Å². The number of alkyl halides is 3. The van der Waals surface area contributed by atoms with Crippen molar-refractivity contribution in [3.8, 4) is 16.9 Å². The van der Waals surface area contributed by atoms with Gasteiger partial charge in [0.2, 0.25) is 5.91 Å². The maximum Gasteiger partial charge on any atom is 0.573 e. The van der Waals surface area contributed by atoms with Crippen LogP contribution in [0.5, 0.6) is 5.75 Å². The molecule has 4 N–H and O–H groups in total. The molecule has 3 aromatic rings. The molecule has 2 aromatic carbocycles. The van der Waals surface area contributed by atoms with E-state index in [9.17, 15) is 18.0 Å². The number of nitrogens with one attached hydrogen (secondary N) is 2. The molecule has 0 unspecified atom stereocenters. The molecular formula is C31H41F3N6O2. The van der Waals surface area contributed by atoms with Gasteiger partial charge in [-0.1, -0.05) is 25.1 Å². The third kappa shape index (κ3) is 7.44. The van der Waals surface area contributed by atoms with Gasteiger partial charge in [0.1, 0.15) is 5.75 Å². The highest BCUT2D eigenvalue weighted by molar-refractivity contribution is 5.96. The van der Waals surface area contributed by atoms with Crippen LogP contribution >= 0.6 is 0 Å². The molecule has 2 saturated heterocycles. The van der Waals surface area contributed by atoms with Crippen molar-refractivity contribution >= 4 is 16.8 Å². The van der Waals surface area contributed by atoms with Crippen molar-refractivity contribution in [1.29, 1.82) is 0 Å². The van der Waals surface area contributed by atoms with E-state index in [-0.39, 0.29) is 11.7 Å². The predicted molar refractivity (Wildman–Crippen MR) is 158 cm³/mol. The lowest BCUT2D eigenvalue weighted by atomic mass is 9.88. The molecule has 2 aliphatic rings. The average Bonchev–Trinajstić information content (AvgIpc) is 3.33. The summed E-state index contributed by atoms with van der Waals surface area (Å²) in [5, 5.41) is 7.30. The second-order valence-electron chi connectivity index (χ2n) is 11.4. The SMILES string of the molecule is CCN1CCN(Cc2ccc3c(c2)c(-c2ccc(OC(F)(F)F)cc2)cn3CCCNC(=O)C2(N)CCNCC2)CC1. The van der Waals surface area contributed by atoms with Gasteiger partial charge < -0.3 is 30.6 Å². The minimum atomic E-state index is -4.73. The highest BCUT2D eigenvalue weighted by atomic mass is 19.4. The number of aryl methyl sites for hydroxylation is 1. The fourth-order valence-corrected chi connectivity index (χ4v) is 5.94. The van der Waals surface area contributed by atoms with Gasteiger partial charge in [-0.2, -0.15) is 0 Å². The van der Waals surface area contributed by atoms with E-state index >= 15 is 0 Å². The van der Waals surface area contributed by atoms with Gasteiger partial charge in [-0.05, 0) is 74.3 Å². The van der Waals surface area contributed by atoms with Crippen LogP contribution in [0.3, 0.4) is 0 Å². The van der Waals surface area contributed by atoms with Crippen LogP contribution in [0.25, 0.3) is 22.0 Å². The van der Waals surface area contributed by atoms with Gasteiger partial charge >= 0.3 is 6.36 Å². The molecule has 0 saturated carbocycles. The lowest BCUT2D eigenvalue weighted by Crippen LogP contribution is -2.59. The topological polar surface area (TPSA) is 87.8 Å². The minimum absolute atomic E-state index is 0.104. The van der Waals surface area contributed by atoms with Crippen LogP contribution in [-0.4, -0.2) is 84.5 Å². The number of ether oxygens (including phenoxy) is 1. The maximum absolute atomic E-state index is 12.7. The molecular weight excluding hydrogens is 545 g/mol. The molecule has 8 nitrogen and oxygen atoms in total.